The van der Waals surface area contributed by atoms with Crippen molar-refractivity contribution in [3.63, 3.8) is 0 Å². The molecule has 5 rings (SSSR count). The molecule has 2 aliphatic heterocycles. The van der Waals surface area contributed by atoms with Crippen LogP contribution in [0.3, 0.4) is 0 Å². The molecule has 0 bridgehead atoms. The maximum Gasteiger partial charge on any atom is 0.261 e. The van der Waals surface area contributed by atoms with Gasteiger partial charge in [0.1, 0.15) is 0 Å². The van der Waals surface area contributed by atoms with Gasteiger partial charge >= 0.3 is 0 Å². The molecule has 8 nitrogen and oxygen atoms in total. The average molecular weight is 469 g/mol. The lowest BCUT2D eigenvalue weighted by Crippen LogP contribution is -2.47. The Morgan fingerprint density at radius 2 is 1.46 bits per heavy atom. The summed E-state index contributed by atoms with van der Waals surface area (Å²) in [5, 5.41) is 5.71. The molecule has 1 saturated heterocycles. The largest absolute Gasteiger partial charge is 0.360 e. The van der Waals surface area contributed by atoms with Crippen molar-refractivity contribution in [1.82, 2.24) is 15.5 Å². The maximum atomic E-state index is 12.6. The highest BCUT2D eigenvalue weighted by Crippen LogP contribution is 2.24. The minimum Gasteiger partial charge on any atom is -0.360 e. The summed E-state index contributed by atoms with van der Waals surface area (Å²) >= 11 is 0. The van der Waals surface area contributed by atoms with E-state index in [9.17, 15) is 19.2 Å². The Bertz CT molecular complexity index is 1270. The number of nitrogens with zero attached hydrogens (tertiary/aromatic N) is 2. The number of hydrogen-bond donors (Lipinski definition) is 2. The molecular formula is C27H24N4O4. The Balaban J connectivity index is 1.16. The second kappa shape index (κ2) is 9.42. The molecule has 0 aliphatic carbocycles. The molecule has 0 atom stereocenters. The van der Waals surface area contributed by atoms with Gasteiger partial charge in [-0.05, 0) is 47.5 Å². The van der Waals surface area contributed by atoms with Crippen molar-refractivity contribution < 1.29 is 19.2 Å². The number of amides is 4. The van der Waals surface area contributed by atoms with Crippen LogP contribution in [0.4, 0.5) is 5.69 Å². The van der Waals surface area contributed by atoms with Crippen molar-refractivity contribution in [2.45, 2.75) is 13.1 Å². The third-order valence-electron chi connectivity index (χ3n) is 6.23. The number of carbonyl (C=O) groups excluding carboxylic acids is 4. The first-order chi connectivity index (χ1) is 17.0. The van der Waals surface area contributed by atoms with E-state index in [1.54, 1.807) is 48.5 Å². The molecular weight excluding hydrogens is 444 g/mol. The zero-order chi connectivity index (χ0) is 24.4. The summed E-state index contributed by atoms with van der Waals surface area (Å²) < 4.78 is 0. The maximum absolute atomic E-state index is 12.6. The molecule has 4 amide bonds. The monoisotopic (exact) mass is 468 g/mol. The molecule has 8 heteroatoms. The highest BCUT2D eigenvalue weighted by molar-refractivity contribution is 6.21. The van der Waals surface area contributed by atoms with Crippen molar-refractivity contribution in [2.24, 2.45) is 0 Å². The standard InChI is InChI=1S/C27H24N4O4/c32-24-17-30(14-13-28-24)21-11-7-18(8-12-21)15-29-25(33)20-9-5-19(6-10-20)16-31-26(34)22-3-1-2-4-23(22)27(31)35/h1-12H,13-17H2,(H,28,32)(H,29,33). The topological polar surface area (TPSA) is 98.8 Å². The van der Waals surface area contributed by atoms with E-state index in [1.807, 2.05) is 29.2 Å². The van der Waals surface area contributed by atoms with Crippen molar-refractivity contribution >= 4 is 29.3 Å². The molecule has 176 valence electrons. The van der Waals surface area contributed by atoms with Crippen molar-refractivity contribution in [2.75, 3.05) is 24.5 Å². The van der Waals surface area contributed by atoms with Crippen molar-refractivity contribution in [3.05, 3.63) is 101 Å². The molecule has 35 heavy (non-hydrogen) atoms. The van der Waals surface area contributed by atoms with Gasteiger partial charge in [-0.25, -0.2) is 0 Å². The summed E-state index contributed by atoms with van der Waals surface area (Å²) in [7, 11) is 0. The van der Waals surface area contributed by atoms with Crippen LogP contribution < -0.4 is 15.5 Å². The molecule has 1 fully saturated rings. The molecule has 0 unspecified atom stereocenters. The Morgan fingerprint density at radius 1 is 0.829 bits per heavy atom. The van der Waals surface area contributed by atoms with Gasteiger partial charge in [0.15, 0.2) is 0 Å². The second-order valence-corrected chi connectivity index (χ2v) is 8.56. The zero-order valence-electron chi connectivity index (χ0n) is 19.0. The number of rotatable bonds is 6. The Hall–Kier alpha value is -4.46. The van der Waals surface area contributed by atoms with Gasteiger partial charge < -0.3 is 15.5 Å². The molecule has 0 radical (unpaired) electrons. The summed E-state index contributed by atoms with van der Waals surface area (Å²) in [6, 6.07) is 21.5. The van der Waals surface area contributed by atoms with Gasteiger partial charge in [0.05, 0.1) is 24.2 Å². The van der Waals surface area contributed by atoms with E-state index in [2.05, 4.69) is 10.6 Å². The number of benzene rings is 3. The van der Waals surface area contributed by atoms with Gasteiger partial charge in [0, 0.05) is 30.9 Å². The first-order valence-electron chi connectivity index (χ1n) is 11.4. The van der Waals surface area contributed by atoms with Gasteiger partial charge in [0.2, 0.25) is 5.91 Å². The fraction of sp³-hybridized carbons (Fsp3) is 0.185. The lowest BCUT2D eigenvalue weighted by molar-refractivity contribution is -0.120. The predicted octanol–water partition coefficient (Wildman–Crippen LogP) is 2.35. The molecule has 0 spiro atoms. The van der Waals surface area contributed by atoms with Crippen molar-refractivity contribution in [1.29, 1.82) is 0 Å². The molecule has 2 N–H and O–H groups in total. The number of imide groups is 1. The minimum absolute atomic E-state index is 0.0160. The van der Waals surface area contributed by atoms with Crippen LogP contribution in [0.2, 0.25) is 0 Å². The van der Waals surface area contributed by atoms with Gasteiger partial charge in [-0.2, -0.15) is 0 Å². The van der Waals surface area contributed by atoms with Gasteiger partial charge in [-0.1, -0.05) is 36.4 Å². The summed E-state index contributed by atoms with van der Waals surface area (Å²) in [5.74, 6) is -0.805. The molecule has 2 aliphatic rings. The van der Waals surface area contributed by atoms with Gasteiger partial charge in [-0.3, -0.25) is 24.1 Å². The summed E-state index contributed by atoms with van der Waals surface area (Å²) in [4.78, 5) is 52.5. The average Bonchev–Trinajstić information content (AvgIpc) is 3.13. The van der Waals surface area contributed by atoms with Gasteiger partial charge in [-0.15, -0.1) is 0 Å². The second-order valence-electron chi connectivity index (χ2n) is 8.56. The fourth-order valence-electron chi connectivity index (χ4n) is 4.29. The Labute approximate surface area is 202 Å². The first kappa shape index (κ1) is 22.3. The quantitative estimate of drug-likeness (QED) is 0.541. The van der Waals surface area contributed by atoms with Crippen LogP contribution in [0.1, 0.15) is 42.2 Å². The predicted molar refractivity (Wildman–Crippen MR) is 130 cm³/mol. The number of piperazine rings is 1. The third-order valence-corrected chi connectivity index (χ3v) is 6.23. The van der Waals surface area contributed by atoms with Crippen LogP contribution in [-0.2, 0) is 17.9 Å². The number of fused-ring (bicyclic) bond motifs is 1. The lowest BCUT2D eigenvalue weighted by atomic mass is 10.1. The lowest BCUT2D eigenvalue weighted by Gasteiger charge is -2.28. The molecule has 2 heterocycles. The number of hydrogen-bond acceptors (Lipinski definition) is 5. The first-order valence-corrected chi connectivity index (χ1v) is 11.4. The van der Waals surface area contributed by atoms with E-state index in [0.717, 1.165) is 23.4 Å². The van der Waals surface area contributed by atoms with Crippen LogP contribution >= 0.6 is 0 Å². The molecule has 3 aromatic carbocycles. The van der Waals surface area contributed by atoms with Crippen LogP contribution in [0, 0.1) is 0 Å². The van der Waals surface area contributed by atoms with Crippen LogP contribution in [0.25, 0.3) is 0 Å². The van der Waals surface area contributed by atoms with E-state index < -0.39 is 0 Å². The number of nitrogens with one attached hydrogen (secondary N) is 2. The Morgan fingerprint density at radius 3 is 2.09 bits per heavy atom. The van der Waals surface area contributed by atoms with E-state index >= 15 is 0 Å². The SMILES string of the molecule is O=C1CN(c2ccc(CNC(=O)c3ccc(CN4C(=O)c5ccccc5C4=O)cc3)cc2)CCN1. The highest BCUT2D eigenvalue weighted by atomic mass is 16.2. The van der Waals surface area contributed by atoms with E-state index in [-0.39, 0.29) is 30.2 Å². The van der Waals surface area contributed by atoms with Gasteiger partial charge in [0.25, 0.3) is 17.7 Å². The summed E-state index contributed by atoms with van der Waals surface area (Å²) in [6.07, 6.45) is 0. The molecule has 0 saturated carbocycles. The van der Waals surface area contributed by atoms with Crippen LogP contribution in [0.5, 0.6) is 0 Å². The molecule has 3 aromatic rings. The summed E-state index contributed by atoms with van der Waals surface area (Å²) in [5.41, 5.74) is 4.02. The van der Waals surface area contributed by atoms with Crippen molar-refractivity contribution in [3.8, 4) is 0 Å². The normalized spacial score (nSPS) is 15.1. The van der Waals surface area contributed by atoms with Crippen LogP contribution in [-0.4, -0.2) is 48.2 Å². The van der Waals surface area contributed by atoms with E-state index in [0.29, 0.717) is 36.3 Å². The number of carbonyl (C=O) groups is 4. The third kappa shape index (κ3) is 4.63. The molecule has 0 aromatic heterocycles. The smallest absolute Gasteiger partial charge is 0.261 e. The number of anilines is 1. The van der Waals surface area contributed by atoms with E-state index in [4.69, 9.17) is 0 Å². The van der Waals surface area contributed by atoms with E-state index in [1.165, 1.54) is 4.90 Å². The fourth-order valence-corrected chi connectivity index (χ4v) is 4.29. The highest BCUT2D eigenvalue weighted by Gasteiger charge is 2.34. The van der Waals surface area contributed by atoms with Crippen LogP contribution in [0.15, 0.2) is 72.8 Å². The Kier molecular flexibility index (Phi) is 6.01. The summed E-state index contributed by atoms with van der Waals surface area (Å²) in [6.45, 7) is 2.27. The minimum atomic E-state index is -0.304. The zero-order valence-corrected chi connectivity index (χ0v) is 19.0.